The zero-order valence-electron chi connectivity index (χ0n) is 35.4. The number of para-hydroxylation sites is 3. The molecule has 3 heteroatoms. The molecule has 65 heavy (non-hydrogen) atoms. The molecular weight excluding hydrogens is 805 g/mol. The zero-order valence-corrected chi connectivity index (χ0v) is 36.2. The Morgan fingerprint density at radius 1 is 0.323 bits per heavy atom. The summed E-state index contributed by atoms with van der Waals surface area (Å²) < 4.78 is 5.00. The fourth-order valence-corrected chi connectivity index (χ4v) is 11.4. The summed E-state index contributed by atoms with van der Waals surface area (Å²) in [6.07, 6.45) is 0. The number of aromatic nitrogens is 1. The van der Waals surface area contributed by atoms with Crippen LogP contribution in [0.3, 0.4) is 0 Å². The molecule has 0 N–H and O–H groups in total. The Bertz CT molecular complexity index is 3920. The molecule has 2 nitrogen and oxygen atoms in total. The highest BCUT2D eigenvalue weighted by molar-refractivity contribution is 7.26. The van der Waals surface area contributed by atoms with E-state index in [4.69, 9.17) is 0 Å². The first-order chi connectivity index (χ1) is 32.3. The Kier molecular flexibility index (Phi) is 8.75. The van der Waals surface area contributed by atoms with Crippen LogP contribution in [0.4, 0.5) is 17.1 Å². The monoisotopic (exact) mass is 844 g/mol. The molecule has 0 spiro atoms. The molecule has 0 unspecified atom stereocenters. The van der Waals surface area contributed by atoms with E-state index in [1.54, 1.807) is 0 Å². The van der Waals surface area contributed by atoms with Gasteiger partial charge in [0.2, 0.25) is 0 Å². The number of nitrogens with zero attached hydrogens (tertiary/aromatic N) is 2. The molecule has 0 amide bonds. The topological polar surface area (TPSA) is 8.17 Å². The molecule has 2 aromatic heterocycles. The van der Waals surface area contributed by atoms with Crippen LogP contribution in [0.15, 0.2) is 243 Å². The molecule has 0 aliphatic heterocycles. The fourth-order valence-electron chi connectivity index (χ4n) is 10.3. The first-order valence-corrected chi connectivity index (χ1v) is 23.1. The smallest absolute Gasteiger partial charge is 0.0554 e. The fraction of sp³-hybridized carbons (Fsp3) is 0. The van der Waals surface area contributed by atoms with E-state index in [1.165, 1.54) is 91.3 Å². The molecule has 0 aliphatic carbocycles. The van der Waals surface area contributed by atoms with Gasteiger partial charge in [0.1, 0.15) is 0 Å². The Morgan fingerprint density at radius 3 is 1.74 bits per heavy atom. The SMILES string of the molecule is c1ccc(-c2cc(N(c3cccc(-c4cc5ccccc5c5ccccc45)c3)c3cccc4sc5ccccc5c34)ccc2-c2ccccc2-n2c3ccccc3c3ccccc32)cc1. The van der Waals surface area contributed by atoms with Gasteiger partial charge in [-0.3, -0.25) is 0 Å². The van der Waals surface area contributed by atoms with Crippen molar-refractivity contribution in [2.75, 3.05) is 4.90 Å². The highest BCUT2D eigenvalue weighted by Gasteiger charge is 2.23. The van der Waals surface area contributed by atoms with Crippen molar-refractivity contribution >= 4 is 91.9 Å². The maximum atomic E-state index is 2.49. The summed E-state index contributed by atoms with van der Waals surface area (Å²) in [5.41, 5.74) is 14.0. The van der Waals surface area contributed by atoms with Crippen molar-refractivity contribution in [1.82, 2.24) is 4.57 Å². The summed E-state index contributed by atoms with van der Waals surface area (Å²) in [5.74, 6) is 0. The van der Waals surface area contributed by atoms with Crippen LogP contribution in [-0.4, -0.2) is 4.57 Å². The van der Waals surface area contributed by atoms with Crippen molar-refractivity contribution < 1.29 is 0 Å². The number of fused-ring (bicyclic) bond motifs is 9. The second kappa shape index (κ2) is 15.2. The molecule has 0 saturated carbocycles. The highest BCUT2D eigenvalue weighted by Crippen LogP contribution is 2.48. The molecule has 304 valence electrons. The van der Waals surface area contributed by atoms with E-state index in [2.05, 4.69) is 252 Å². The summed E-state index contributed by atoms with van der Waals surface area (Å²) in [6.45, 7) is 0. The lowest BCUT2D eigenvalue weighted by molar-refractivity contribution is 1.18. The van der Waals surface area contributed by atoms with E-state index in [9.17, 15) is 0 Å². The van der Waals surface area contributed by atoms with Crippen LogP contribution in [0.2, 0.25) is 0 Å². The molecule has 0 atom stereocenters. The first-order valence-electron chi connectivity index (χ1n) is 22.3. The Hall–Kier alpha value is -8.24. The number of hydrogen-bond donors (Lipinski definition) is 0. The lowest BCUT2D eigenvalue weighted by Gasteiger charge is -2.28. The number of rotatable bonds is 7. The third-order valence-electron chi connectivity index (χ3n) is 13.2. The molecule has 0 bridgehead atoms. The minimum Gasteiger partial charge on any atom is -0.310 e. The molecule has 11 aromatic carbocycles. The summed E-state index contributed by atoms with van der Waals surface area (Å²) in [7, 11) is 0. The molecule has 0 aliphatic rings. The van der Waals surface area contributed by atoms with Crippen molar-refractivity contribution in [1.29, 1.82) is 0 Å². The lowest BCUT2D eigenvalue weighted by atomic mass is 9.92. The zero-order chi connectivity index (χ0) is 42.8. The van der Waals surface area contributed by atoms with Crippen LogP contribution in [0.1, 0.15) is 0 Å². The number of hydrogen-bond acceptors (Lipinski definition) is 2. The van der Waals surface area contributed by atoms with Crippen molar-refractivity contribution in [3.8, 4) is 39.1 Å². The Labute approximate surface area is 381 Å². The summed E-state index contributed by atoms with van der Waals surface area (Å²) in [6, 6.07) is 89.1. The van der Waals surface area contributed by atoms with Crippen LogP contribution in [0.25, 0.3) is 103 Å². The molecule has 13 rings (SSSR count). The standard InChI is InChI=1S/C62H40N2S/c1-2-18-41(19-3-1)55-40-45(36-37-49(55)50-26-8-12-30-56(50)64-57-31-13-9-27-51(57)52-28-10-14-32-58(52)64)63(59-33-17-35-61-62(59)53-29-11-15-34-60(53)65-61)44-22-16-21-42(38-44)54-39-43-20-4-5-23-46(43)47-24-6-7-25-48(47)54/h1-40H. The first kappa shape index (κ1) is 37.3. The molecular formula is C62H40N2S. The number of benzene rings is 11. The maximum absolute atomic E-state index is 2.49. The van der Waals surface area contributed by atoms with Gasteiger partial charge in [0.15, 0.2) is 0 Å². The summed E-state index contributed by atoms with van der Waals surface area (Å²) >= 11 is 1.86. The van der Waals surface area contributed by atoms with Crippen molar-refractivity contribution in [3.63, 3.8) is 0 Å². The molecule has 0 radical (unpaired) electrons. The van der Waals surface area contributed by atoms with E-state index < -0.39 is 0 Å². The van der Waals surface area contributed by atoms with Crippen LogP contribution >= 0.6 is 11.3 Å². The summed E-state index contributed by atoms with van der Waals surface area (Å²) in [5, 5.41) is 10.1. The normalized spacial score (nSPS) is 11.7. The van der Waals surface area contributed by atoms with Gasteiger partial charge in [-0.1, -0.05) is 176 Å². The third kappa shape index (κ3) is 6.08. The van der Waals surface area contributed by atoms with Crippen molar-refractivity contribution in [2.45, 2.75) is 0 Å². The summed E-state index contributed by atoms with van der Waals surface area (Å²) in [4.78, 5) is 2.49. The average Bonchev–Trinajstić information content (AvgIpc) is 3.93. The minimum atomic E-state index is 1.09. The number of thiophene rings is 1. The Balaban J connectivity index is 1.07. The second-order valence-electron chi connectivity index (χ2n) is 16.8. The largest absolute Gasteiger partial charge is 0.310 e. The van der Waals surface area contributed by atoms with Crippen molar-refractivity contribution in [3.05, 3.63) is 243 Å². The van der Waals surface area contributed by atoms with Crippen LogP contribution in [-0.2, 0) is 0 Å². The lowest BCUT2D eigenvalue weighted by Crippen LogP contribution is -2.11. The van der Waals surface area contributed by atoms with Gasteiger partial charge in [-0.2, -0.15) is 0 Å². The van der Waals surface area contributed by atoms with Gasteiger partial charge in [0, 0.05) is 47.9 Å². The average molecular weight is 845 g/mol. The molecule has 0 fully saturated rings. The van der Waals surface area contributed by atoms with E-state index in [-0.39, 0.29) is 0 Å². The van der Waals surface area contributed by atoms with E-state index in [0.29, 0.717) is 0 Å². The predicted molar refractivity (Wildman–Crippen MR) is 280 cm³/mol. The predicted octanol–water partition coefficient (Wildman–Crippen LogP) is 17.9. The molecule has 2 heterocycles. The number of anilines is 3. The van der Waals surface area contributed by atoms with Gasteiger partial charge in [0.05, 0.1) is 22.4 Å². The Morgan fingerprint density at radius 2 is 0.923 bits per heavy atom. The highest BCUT2D eigenvalue weighted by atomic mass is 32.1. The second-order valence-corrected chi connectivity index (χ2v) is 17.9. The van der Waals surface area contributed by atoms with Gasteiger partial charge in [-0.15, -0.1) is 11.3 Å². The van der Waals surface area contributed by atoms with Crippen LogP contribution < -0.4 is 4.90 Å². The third-order valence-corrected chi connectivity index (χ3v) is 14.3. The van der Waals surface area contributed by atoms with Gasteiger partial charge in [-0.25, -0.2) is 0 Å². The van der Waals surface area contributed by atoms with Gasteiger partial charge >= 0.3 is 0 Å². The maximum Gasteiger partial charge on any atom is 0.0554 e. The molecule has 0 saturated heterocycles. The quantitative estimate of drug-likeness (QED) is 0.145. The van der Waals surface area contributed by atoms with Crippen LogP contribution in [0, 0.1) is 0 Å². The van der Waals surface area contributed by atoms with Gasteiger partial charge < -0.3 is 9.47 Å². The minimum absolute atomic E-state index is 1.09. The van der Waals surface area contributed by atoms with Gasteiger partial charge in [-0.05, 0) is 116 Å². The van der Waals surface area contributed by atoms with Crippen molar-refractivity contribution in [2.24, 2.45) is 0 Å². The van der Waals surface area contributed by atoms with E-state index in [1.807, 2.05) is 11.3 Å². The van der Waals surface area contributed by atoms with E-state index >= 15 is 0 Å². The van der Waals surface area contributed by atoms with E-state index in [0.717, 1.165) is 28.3 Å². The molecule has 13 aromatic rings. The van der Waals surface area contributed by atoms with Crippen LogP contribution in [0.5, 0.6) is 0 Å². The van der Waals surface area contributed by atoms with Gasteiger partial charge in [0.25, 0.3) is 0 Å².